The number of benzene rings is 1. The van der Waals surface area contributed by atoms with Gasteiger partial charge in [-0.3, -0.25) is 4.79 Å². The molecule has 0 aliphatic heterocycles. The first-order valence-electron chi connectivity index (χ1n) is 4.92. The van der Waals surface area contributed by atoms with Crippen molar-refractivity contribution in [3.8, 4) is 0 Å². The van der Waals surface area contributed by atoms with Crippen LogP contribution in [-0.2, 0) is 4.79 Å². The van der Waals surface area contributed by atoms with Crippen LogP contribution in [0.15, 0.2) is 18.2 Å². The lowest BCUT2D eigenvalue weighted by Gasteiger charge is -2.16. The van der Waals surface area contributed by atoms with Gasteiger partial charge >= 0.3 is 0 Å². The molecule has 0 aliphatic rings. The molecule has 3 nitrogen and oxygen atoms in total. The van der Waals surface area contributed by atoms with Gasteiger partial charge in [0.05, 0.1) is 12.1 Å². The van der Waals surface area contributed by atoms with Crippen LogP contribution >= 0.6 is 0 Å². The van der Waals surface area contributed by atoms with Crippen LogP contribution in [0.3, 0.4) is 0 Å². The predicted molar refractivity (Wildman–Crippen MR) is 56.6 cm³/mol. The molecule has 1 amide bonds. The Hall–Kier alpha value is -1.49. The van der Waals surface area contributed by atoms with Crippen molar-refractivity contribution < 1.29 is 13.6 Å². The van der Waals surface area contributed by atoms with E-state index in [0.29, 0.717) is 0 Å². The van der Waals surface area contributed by atoms with Crippen molar-refractivity contribution in [3.63, 3.8) is 0 Å². The molecule has 0 saturated carbocycles. The second kappa shape index (κ2) is 5.03. The van der Waals surface area contributed by atoms with Gasteiger partial charge in [-0.2, -0.15) is 0 Å². The van der Waals surface area contributed by atoms with Crippen molar-refractivity contribution in [2.75, 3.05) is 0 Å². The molecule has 0 heterocycles. The summed E-state index contributed by atoms with van der Waals surface area (Å²) < 4.78 is 26.0. The van der Waals surface area contributed by atoms with E-state index in [1.54, 1.807) is 6.92 Å². The molecule has 5 heteroatoms. The van der Waals surface area contributed by atoms with E-state index in [1.165, 1.54) is 13.0 Å². The summed E-state index contributed by atoms with van der Waals surface area (Å²) in [5.74, 6) is -1.71. The highest BCUT2D eigenvalue weighted by Gasteiger charge is 2.15. The van der Waals surface area contributed by atoms with Crippen LogP contribution in [0.5, 0.6) is 0 Å². The number of carbonyl (C=O) groups is 1. The first-order chi connectivity index (χ1) is 7.41. The quantitative estimate of drug-likeness (QED) is 0.823. The first-order valence-corrected chi connectivity index (χ1v) is 4.92. The summed E-state index contributed by atoms with van der Waals surface area (Å²) in [7, 11) is 0. The monoisotopic (exact) mass is 228 g/mol. The third-order valence-corrected chi connectivity index (χ3v) is 2.20. The number of carbonyl (C=O) groups excluding carboxylic acids is 1. The van der Waals surface area contributed by atoms with Gasteiger partial charge in [0.15, 0.2) is 0 Å². The van der Waals surface area contributed by atoms with Gasteiger partial charge in [0.2, 0.25) is 5.91 Å². The molecule has 0 unspecified atom stereocenters. The van der Waals surface area contributed by atoms with E-state index in [0.717, 1.165) is 12.1 Å². The summed E-state index contributed by atoms with van der Waals surface area (Å²) >= 11 is 0. The molecule has 0 aromatic heterocycles. The molecule has 0 bridgehead atoms. The Kier molecular flexibility index (Phi) is 3.95. The van der Waals surface area contributed by atoms with Crippen LogP contribution in [0.4, 0.5) is 8.78 Å². The number of hydrogen-bond donors (Lipinski definition) is 2. The molecule has 0 aliphatic carbocycles. The summed E-state index contributed by atoms with van der Waals surface area (Å²) in [6, 6.07) is 2.03. The number of halogens is 2. The van der Waals surface area contributed by atoms with E-state index in [-0.39, 0.29) is 11.5 Å². The van der Waals surface area contributed by atoms with Crippen LogP contribution in [0.1, 0.15) is 25.5 Å². The van der Waals surface area contributed by atoms with Crippen LogP contribution in [0.2, 0.25) is 0 Å². The molecule has 88 valence electrons. The summed E-state index contributed by atoms with van der Waals surface area (Å²) in [6.45, 7) is 3.14. The van der Waals surface area contributed by atoms with E-state index < -0.39 is 23.7 Å². The number of hydrogen-bond acceptors (Lipinski definition) is 2. The fraction of sp³-hybridized carbons (Fsp3) is 0.364. The highest BCUT2D eigenvalue weighted by molar-refractivity contribution is 5.81. The van der Waals surface area contributed by atoms with Crippen LogP contribution in [0.25, 0.3) is 0 Å². The first kappa shape index (κ1) is 12.6. The highest BCUT2D eigenvalue weighted by atomic mass is 19.1. The summed E-state index contributed by atoms with van der Waals surface area (Å²) in [5, 5.41) is 2.53. The molecule has 16 heavy (non-hydrogen) atoms. The maximum absolute atomic E-state index is 13.3. The molecule has 1 aromatic carbocycles. The van der Waals surface area contributed by atoms with Gasteiger partial charge < -0.3 is 11.1 Å². The second-order valence-electron chi connectivity index (χ2n) is 3.68. The minimum atomic E-state index is -0.683. The summed E-state index contributed by atoms with van der Waals surface area (Å²) in [6.07, 6.45) is 0. The Morgan fingerprint density at radius 3 is 2.50 bits per heavy atom. The van der Waals surface area contributed by atoms with E-state index in [1.807, 2.05) is 0 Å². The Balaban J connectivity index is 2.80. The molecular formula is C11H14F2N2O. The van der Waals surface area contributed by atoms with Gasteiger partial charge in [-0.15, -0.1) is 0 Å². The van der Waals surface area contributed by atoms with Crippen molar-refractivity contribution in [1.82, 2.24) is 5.32 Å². The predicted octanol–water partition coefficient (Wildman–Crippen LogP) is 1.49. The van der Waals surface area contributed by atoms with Crippen molar-refractivity contribution in [2.45, 2.75) is 25.9 Å². The average molecular weight is 228 g/mol. The smallest absolute Gasteiger partial charge is 0.237 e. The molecule has 2 atom stereocenters. The van der Waals surface area contributed by atoms with Crippen LogP contribution in [0, 0.1) is 11.6 Å². The van der Waals surface area contributed by atoms with Crippen molar-refractivity contribution >= 4 is 5.91 Å². The Morgan fingerprint density at radius 1 is 1.38 bits per heavy atom. The van der Waals surface area contributed by atoms with E-state index in [9.17, 15) is 13.6 Å². The molecular weight excluding hydrogens is 214 g/mol. The Labute approximate surface area is 92.6 Å². The Morgan fingerprint density at radius 2 is 2.00 bits per heavy atom. The van der Waals surface area contributed by atoms with Gasteiger partial charge in [-0.1, -0.05) is 6.07 Å². The van der Waals surface area contributed by atoms with Crippen molar-refractivity contribution in [1.29, 1.82) is 0 Å². The van der Waals surface area contributed by atoms with E-state index in [4.69, 9.17) is 5.73 Å². The number of nitrogens with two attached hydrogens (primary N) is 1. The SMILES string of the molecule is C[C@H](NC(=O)[C@@H](C)N)c1ccc(F)cc1F. The molecule has 1 rings (SSSR count). The molecule has 0 saturated heterocycles. The third kappa shape index (κ3) is 3.00. The maximum Gasteiger partial charge on any atom is 0.237 e. The standard InChI is InChI=1S/C11H14F2N2O/c1-6(14)11(16)15-7(2)9-4-3-8(12)5-10(9)13/h3-7H,14H2,1-2H3,(H,15,16)/t6-,7+/m1/s1. The minimum Gasteiger partial charge on any atom is -0.348 e. The zero-order valence-electron chi connectivity index (χ0n) is 9.13. The van der Waals surface area contributed by atoms with E-state index >= 15 is 0 Å². The average Bonchev–Trinajstić information content (AvgIpc) is 2.16. The van der Waals surface area contributed by atoms with Gasteiger partial charge in [0.25, 0.3) is 0 Å². The molecule has 3 N–H and O–H groups in total. The zero-order chi connectivity index (χ0) is 12.3. The van der Waals surface area contributed by atoms with Gasteiger partial charge in [0, 0.05) is 11.6 Å². The summed E-state index contributed by atoms with van der Waals surface area (Å²) in [5.41, 5.74) is 5.59. The zero-order valence-corrected chi connectivity index (χ0v) is 9.13. The van der Waals surface area contributed by atoms with Crippen LogP contribution in [-0.4, -0.2) is 11.9 Å². The fourth-order valence-electron chi connectivity index (χ4n) is 1.28. The van der Waals surface area contributed by atoms with Gasteiger partial charge in [-0.25, -0.2) is 8.78 Å². The lowest BCUT2D eigenvalue weighted by molar-refractivity contribution is -0.122. The number of nitrogens with one attached hydrogen (secondary N) is 1. The maximum atomic E-state index is 13.3. The Bertz CT molecular complexity index is 394. The highest BCUT2D eigenvalue weighted by Crippen LogP contribution is 2.17. The molecule has 1 aromatic rings. The fourth-order valence-corrected chi connectivity index (χ4v) is 1.28. The van der Waals surface area contributed by atoms with Crippen molar-refractivity contribution in [3.05, 3.63) is 35.4 Å². The van der Waals surface area contributed by atoms with Gasteiger partial charge in [0.1, 0.15) is 11.6 Å². The second-order valence-corrected chi connectivity index (χ2v) is 3.68. The largest absolute Gasteiger partial charge is 0.348 e. The minimum absolute atomic E-state index is 0.232. The normalized spacial score (nSPS) is 14.3. The number of rotatable bonds is 3. The molecule has 0 fully saturated rings. The lowest BCUT2D eigenvalue weighted by atomic mass is 10.1. The molecule has 0 radical (unpaired) electrons. The third-order valence-electron chi connectivity index (χ3n) is 2.20. The topological polar surface area (TPSA) is 55.1 Å². The number of amides is 1. The van der Waals surface area contributed by atoms with Crippen LogP contribution < -0.4 is 11.1 Å². The molecule has 0 spiro atoms. The lowest BCUT2D eigenvalue weighted by Crippen LogP contribution is -2.39. The van der Waals surface area contributed by atoms with E-state index in [2.05, 4.69) is 5.32 Å². The van der Waals surface area contributed by atoms with Crippen molar-refractivity contribution in [2.24, 2.45) is 5.73 Å². The van der Waals surface area contributed by atoms with Gasteiger partial charge in [-0.05, 0) is 19.9 Å². The summed E-state index contributed by atoms with van der Waals surface area (Å²) in [4.78, 5) is 11.3.